The van der Waals surface area contributed by atoms with Crippen LogP contribution < -0.4 is 10.1 Å². The number of anilines is 1. The molecule has 0 fully saturated rings. The van der Waals surface area contributed by atoms with E-state index in [0.717, 1.165) is 23.9 Å². The highest BCUT2D eigenvalue weighted by Gasteiger charge is 2.13. The van der Waals surface area contributed by atoms with Crippen LogP contribution in [0, 0.1) is 0 Å². The fourth-order valence-corrected chi connectivity index (χ4v) is 1.91. The highest BCUT2D eigenvalue weighted by atomic mass is 16.5. The second-order valence-electron chi connectivity index (χ2n) is 5.78. The van der Waals surface area contributed by atoms with Crippen molar-refractivity contribution in [2.45, 2.75) is 33.1 Å². The van der Waals surface area contributed by atoms with E-state index in [9.17, 15) is 0 Å². The Morgan fingerprint density at radius 2 is 1.75 bits per heavy atom. The highest BCUT2D eigenvalue weighted by molar-refractivity contribution is 5.42. The predicted molar refractivity (Wildman–Crippen MR) is 83.6 cm³/mol. The van der Waals surface area contributed by atoms with Gasteiger partial charge in [-0.1, -0.05) is 32.9 Å². The Morgan fingerprint density at radius 1 is 1.05 bits per heavy atom. The number of benzene rings is 1. The number of aromatic nitrogens is 1. The number of ether oxygens (including phenoxy) is 1. The van der Waals surface area contributed by atoms with Crippen LogP contribution in [0.5, 0.6) is 11.5 Å². The average Bonchev–Trinajstić information content (AvgIpc) is 2.39. The number of hydrogen-bond donors (Lipinski definition) is 1. The lowest BCUT2D eigenvalue weighted by Gasteiger charge is -2.19. The molecule has 0 aliphatic carbocycles. The molecular formula is C17H22N2O. The van der Waals surface area contributed by atoms with Crippen molar-refractivity contribution >= 4 is 5.82 Å². The topological polar surface area (TPSA) is 34.1 Å². The molecule has 0 saturated carbocycles. The summed E-state index contributed by atoms with van der Waals surface area (Å²) < 4.78 is 5.85. The van der Waals surface area contributed by atoms with Crippen LogP contribution in [0.2, 0.25) is 0 Å². The average molecular weight is 270 g/mol. The van der Waals surface area contributed by atoms with Gasteiger partial charge in [0.15, 0.2) is 0 Å². The van der Waals surface area contributed by atoms with E-state index in [4.69, 9.17) is 4.74 Å². The summed E-state index contributed by atoms with van der Waals surface area (Å²) >= 11 is 0. The van der Waals surface area contributed by atoms with Crippen LogP contribution >= 0.6 is 0 Å². The normalized spacial score (nSPS) is 11.2. The van der Waals surface area contributed by atoms with Gasteiger partial charge in [-0.2, -0.15) is 0 Å². The van der Waals surface area contributed by atoms with Gasteiger partial charge >= 0.3 is 0 Å². The molecule has 0 radical (unpaired) electrons. The molecule has 3 nitrogen and oxygen atoms in total. The maximum absolute atomic E-state index is 5.85. The smallest absolute Gasteiger partial charge is 0.132 e. The Labute approximate surface area is 121 Å². The van der Waals surface area contributed by atoms with Crippen molar-refractivity contribution < 1.29 is 4.74 Å². The minimum absolute atomic E-state index is 0.160. The lowest BCUT2D eigenvalue weighted by Crippen LogP contribution is -2.10. The van der Waals surface area contributed by atoms with Crippen molar-refractivity contribution in [2.75, 3.05) is 11.9 Å². The second-order valence-corrected chi connectivity index (χ2v) is 5.78. The van der Waals surface area contributed by atoms with Crippen molar-refractivity contribution in [3.8, 4) is 11.5 Å². The van der Waals surface area contributed by atoms with E-state index >= 15 is 0 Å². The first-order valence-electron chi connectivity index (χ1n) is 6.97. The van der Waals surface area contributed by atoms with Gasteiger partial charge in [-0.25, -0.2) is 4.98 Å². The zero-order valence-corrected chi connectivity index (χ0v) is 12.6. The Morgan fingerprint density at radius 3 is 2.35 bits per heavy atom. The summed E-state index contributed by atoms with van der Waals surface area (Å²) in [7, 11) is 0. The summed E-state index contributed by atoms with van der Waals surface area (Å²) in [6.45, 7) is 9.49. The molecule has 1 aromatic carbocycles. The van der Waals surface area contributed by atoms with Crippen molar-refractivity contribution in [3.63, 3.8) is 0 Å². The van der Waals surface area contributed by atoms with E-state index in [-0.39, 0.29) is 5.41 Å². The van der Waals surface area contributed by atoms with Gasteiger partial charge in [0.25, 0.3) is 0 Å². The summed E-state index contributed by atoms with van der Waals surface area (Å²) in [4.78, 5) is 4.23. The fraction of sp³-hybridized carbons (Fsp3) is 0.353. The van der Waals surface area contributed by atoms with Gasteiger partial charge in [-0.3, -0.25) is 0 Å². The molecule has 0 unspecified atom stereocenters. The predicted octanol–water partition coefficient (Wildman–Crippen LogP) is 4.60. The third-order valence-corrected chi connectivity index (χ3v) is 3.05. The number of hydrogen-bond acceptors (Lipinski definition) is 3. The fourth-order valence-electron chi connectivity index (χ4n) is 1.91. The van der Waals surface area contributed by atoms with Gasteiger partial charge in [-0.05, 0) is 36.1 Å². The van der Waals surface area contributed by atoms with Crippen molar-refractivity contribution in [3.05, 3.63) is 48.2 Å². The molecule has 1 aromatic heterocycles. The molecule has 0 atom stereocenters. The van der Waals surface area contributed by atoms with Crippen molar-refractivity contribution in [2.24, 2.45) is 0 Å². The molecule has 0 saturated heterocycles. The van der Waals surface area contributed by atoms with E-state index in [0.29, 0.717) is 0 Å². The molecule has 0 spiro atoms. The molecule has 1 N–H and O–H groups in total. The second kappa shape index (κ2) is 5.95. The van der Waals surface area contributed by atoms with E-state index in [1.165, 1.54) is 5.56 Å². The minimum atomic E-state index is 0.160. The Kier molecular flexibility index (Phi) is 4.28. The van der Waals surface area contributed by atoms with Crippen LogP contribution in [0.15, 0.2) is 42.6 Å². The molecule has 3 heteroatoms. The molecule has 0 bridgehead atoms. The van der Waals surface area contributed by atoms with Crippen molar-refractivity contribution in [1.82, 2.24) is 4.98 Å². The van der Waals surface area contributed by atoms with Gasteiger partial charge in [0.2, 0.25) is 0 Å². The lowest BCUT2D eigenvalue weighted by molar-refractivity contribution is 0.481. The van der Waals surface area contributed by atoms with Crippen LogP contribution in [0.1, 0.15) is 33.3 Å². The quantitative estimate of drug-likeness (QED) is 0.881. The minimum Gasteiger partial charge on any atom is -0.457 e. The Hall–Kier alpha value is -2.03. The van der Waals surface area contributed by atoms with Gasteiger partial charge in [-0.15, -0.1) is 0 Å². The summed E-state index contributed by atoms with van der Waals surface area (Å²) in [5.41, 5.74) is 1.46. The molecule has 0 aliphatic rings. The first-order valence-corrected chi connectivity index (χ1v) is 6.97. The largest absolute Gasteiger partial charge is 0.457 e. The first kappa shape index (κ1) is 14.4. The Balaban J connectivity index is 2.12. The zero-order valence-electron chi connectivity index (χ0n) is 12.6. The van der Waals surface area contributed by atoms with E-state index in [1.807, 2.05) is 31.2 Å². The van der Waals surface area contributed by atoms with Crippen LogP contribution in [0.4, 0.5) is 5.82 Å². The maximum atomic E-state index is 5.85. The third-order valence-electron chi connectivity index (χ3n) is 3.05. The summed E-state index contributed by atoms with van der Waals surface area (Å²) in [5.74, 6) is 2.46. The molecule has 2 aromatic rings. The molecule has 1 heterocycles. The molecule has 20 heavy (non-hydrogen) atoms. The van der Waals surface area contributed by atoms with Crippen LogP contribution in [0.3, 0.4) is 0 Å². The van der Waals surface area contributed by atoms with Gasteiger partial charge < -0.3 is 10.1 Å². The third kappa shape index (κ3) is 3.73. The van der Waals surface area contributed by atoms with Gasteiger partial charge in [0, 0.05) is 18.8 Å². The summed E-state index contributed by atoms with van der Waals surface area (Å²) in [6, 6.07) is 12.0. The molecule has 0 aliphatic heterocycles. The van der Waals surface area contributed by atoms with Crippen molar-refractivity contribution in [1.29, 1.82) is 0 Å². The molecular weight excluding hydrogens is 248 g/mol. The number of rotatable bonds is 4. The zero-order chi connectivity index (χ0) is 14.6. The first-order chi connectivity index (χ1) is 9.49. The van der Waals surface area contributed by atoms with E-state index in [2.05, 4.69) is 43.2 Å². The number of pyridine rings is 1. The molecule has 106 valence electrons. The molecule has 0 amide bonds. The van der Waals surface area contributed by atoms with E-state index in [1.54, 1.807) is 6.20 Å². The van der Waals surface area contributed by atoms with Crippen LogP contribution in [-0.2, 0) is 5.41 Å². The highest BCUT2D eigenvalue weighted by Crippen LogP contribution is 2.27. The maximum Gasteiger partial charge on any atom is 0.132 e. The molecule has 2 rings (SSSR count). The monoisotopic (exact) mass is 270 g/mol. The van der Waals surface area contributed by atoms with Gasteiger partial charge in [0.1, 0.15) is 17.3 Å². The lowest BCUT2D eigenvalue weighted by atomic mass is 9.87. The van der Waals surface area contributed by atoms with E-state index < -0.39 is 0 Å². The van der Waals surface area contributed by atoms with Gasteiger partial charge in [0.05, 0.1) is 0 Å². The SMILES string of the molecule is CCNc1cc(Oc2ccc(C(C)(C)C)cc2)ccn1. The number of nitrogens with zero attached hydrogens (tertiary/aromatic N) is 1. The standard InChI is InChI=1S/C17H22N2O/c1-5-18-16-12-15(10-11-19-16)20-14-8-6-13(7-9-14)17(2,3)4/h6-12H,5H2,1-4H3,(H,18,19). The van der Waals surface area contributed by atoms with Crippen LogP contribution in [-0.4, -0.2) is 11.5 Å². The Bertz CT molecular complexity index is 556. The summed E-state index contributed by atoms with van der Waals surface area (Å²) in [6.07, 6.45) is 1.75. The van der Waals surface area contributed by atoms with Crippen LogP contribution in [0.25, 0.3) is 0 Å². The summed E-state index contributed by atoms with van der Waals surface area (Å²) in [5, 5.41) is 3.17. The number of nitrogens with one attached hydrogen (secondary N) is 1.